The Morgan fingerprint density at radius 2 is 1.71 bits per heavy atom. The van der Waals surface area contributed by atoms with E-state index in [1.807, 2.05) is 0 Å². The van der Waals surface area contributed by atoms with Crippen LogP contribution < -0.4 is 9.64 Å². The molecule has 0 saturated carbocycles. The molecule has 2 aliphatic heterocycles. The van der Waals surface area contributed by atoms with Crippen LogP contribution in [0, 0.1) is 0 Å². The standard InChI is InChI=1S/C21H18F6N2O2/c22-20(23,24)14-5-6-18-17(11-14)29(9-10-31-18)19(30)28-8-7-13(12-28)15-3-1-2-4-16(15)21(25,26)27/h1-6,11,13H,7-10,12H2. The quantitative estimate of drug-likeness (QED) is 0.542. The molecule has 10 heteroatoms. The number of benzene rings is 2. The van der Waals surface area contributed by atoms with Crippen LogP contribution in [0.15, 0.2) is 42.5 Å². The van der Waals surface area contributed by atoms with Gasteiger partial charge in [0.05, 0.1) is 23.4 Å². The van der Waals surface area contributed by atoms with Crippen molar-refractivity contribution in [2.24, 2.45) is 0 Å². The number of hydrogen-bond acceptors (Lipinski definition) is 2. The number of fused-ring (bicyclic) bond motifs is 1. The van der Waals surface area contributed by atoms with Gasteiger partial charge in [-0.1, -0.05) is 18.2 Å². The second kappa shape index (κ2) is 7.65. The molecular weight excluding hydrogens is 426 g/mol. The number of carbonyl (C=O) groups is 1. The summed E-state index contributed by atoms with van der Waals surface area (Å²) in [6.07, 6.45) is -8.76. The molecule has 2 aliphatic rings. The van der Waals surface area contributed by atoms with E-state index in [-0.39, 0.29) is 43.2 Å². The minimum atomic E-state index is -4.58. The molecule has 1 atom stereocenters. The van der Waals surface area contributed by atoms with Gasteiger partial charge < -0.3 is 9.64 Å². The van der Waals surface area contributed by atoms with Crippen LogP contribution in [0.4, 0.5) is 36.8 Å². The highest BCUT2D eigenvalue weighted by molar-refractivity contribution is 5.94. The molecule has 0 N–H and O–H groups in total. The second-order valence-electron chi connectivity index (χ2n) is 7.48. The number of hydrogen-bond donors (Lipinski definition) is 0. The van der Waals surface area contributed by atoms with Gasteiger partial charge >= 0.3 is 18.4 Å². The van der Waals surface area contributed by atoms with Crippen molar-refractivity contribution in [2.75, 3.05) is 31.1 Å². The molecule has 1 saturated heterocycles. The largest absolute Gasteiger partial charge is 0.490 e. The van der Waals surface area contributed by atoms with Crippen molar-refractivity contribution in [2.45, 2.75) is 24.7 Å². The third-order valence-corrected chi connectivity index (χ3v) is 5.55. The first-order chi connectivity index (χ1) is 14.6. The highest BCUT2D eigenvalue weighted by atomic mass is 19.4. The van der Waals surface area contributed by atoms with Gasteiger partial charge in [-0.25, -0.2) is 4.79 Å². The zero-order valence-corrected chi connectivity index (χ0v) is 16.1. The molecule has 2 aromatic rings. The van der Waals surface area contributed by atoms with Crippen LogP contribution >= 0.6 is 0 Å². The topological polar surface area (TPSA) is 32.8 Å². The molecule has 0 radical (unpaired) electrons. The maximum atomic E-state index is 13.4. The number of likely N-dealkylation sites (tertiary alicyclic amines) is 1. The lowest BCUT2D eigenvalue weighted by Gasteiger charge is -2.33. The fraction of sp³-hybridized carbons (Fsp3) is 0.381. The Hall–Kier alpha value is -2.91. The highest BCUT2D eigenvalue weighted by Gasteiger charge is 2.39. The number of rotatable bonds is 1. The average molecular weight is 444 g/mol. The molecule has 4 nitrogen and oxygen atoms in total. The van der Waals surface area contributed by atoms with Crippen molar-refractivity contribution in [3.8, 4) is 5.75 Å². The van der Waals surface area contributed by atoms with E-state index < -0.39 is 35.4 Å². The molecular formula is C21H18F6N2O2. The van der Waals surface area contributed by atoms with Gasteiger partial charge in [0.25, 0.3) is 0 Å². The molecule has 2 aromatic carbocycles. The van der Waals surface area contributed by atoms with Gasteiger partial charge in [0, 0.05) is 19.0 Å². The third-order valence-electron chi connectivity index (χ3n) is 5.55. The maximum absolute atomic E-state index is 13.4. The number of nitrogens with zero attached hydrogens (tertiary/aromatic N) is 2. The van der Waals surface area contributed by atoms with E-state index in [0.29, 0.717) is 6.42 Å². The average Bonchev–Trinajstić information content (AvgIpc) is 3.21. The first-order valence-electron chi connectivity index (χ1n) is 9.62. The van der Waals surface area contributed by atoms with Crippen LogP contribution in [0.1, 0.15) is 29.0 Å². The van der Waals surface area contributed by atoms with Crippen molar-refractivity contribution in [1.29, 1.82) is 0 Å². The first kappa shape index (κ1) is 21.3. The minimum Gasteiger partial charge on any atom is -0.490 e. The summed E-state index contributed by atoms with van der Waals surface area (Å²) in [5.74, 6) is -0.352. The van der Waals surface area contributed by atoms with E-state index in [9.17, 15) is 31.1 Å². The van der Waals surface area contributed by atoms with E-state index >= 15 is 0 Å². The van der Waals surface area contributed by atoms with Crippen molar-refractivity contribution in [3.63, 3.8) is 0 Å². The summed E-state index contributed by atoms with van der Waals surface area (Å²) >= 11 is 0. The highest BCUT2D eigenvalue weighted by Crippen LogP contribution is 2.41. The summed E-state index contributed by atoms with van der Waals surface area (Å²) in [5, 5.41) is 0. The Labute approximate surface area is 174 Å². The molecule has 0 aromatic heterocycles. The number of urea groups is 1. The summed E-state index contributed by atoms with van der Waals surface area (Å²) < 4.78 is 84.8. The van der Waals surface area contributed by atoms with Gasteiger partial charge in [-0.15, -0.1) is 0 Å². The molecule has 2 heterocycles. The Morgan fingerprint density at radius 3 is 2.42 bits per heavy atom. The predicted octanol–water partition coefficient (Wildman–Crippen LogP) is 5.53. The predicted molar refractivity (Wildman–Crippen MR) is 100 cm³/mol. The van der Waals surface area contributed by atoms with Crippen LogP contribution in [0.25, 0.3) is 0 Å². The summed E-state index contributed by atoms with van der Waals surface area (Å²) in [6, 6.07) is 7.61. The molecule has 31 heavy (non-hydrogen) atoms. The van der Waals surface area contributed by atoms with Gasteiger partial charge in [0.15, 0.2) is 0 Å². The van der Waals surface area contributed by atoms with E-state index in [1.165, 1.54) is 34.1 Å². The molecule has 1 fully saturated rings. The summed E-state index contributed by atoms with van der Waals surface area (Å²) in [5.41, 5.74) is -1.52. The second-order valence-corrected chi connectivity index (χ2v) is 7.48. The zero-order chi connectivity index (χ0) is 22.4. The fourth-order valence-electron chi connectivity index (χ4n) is 4.06. The zero-order valence-electron chi connectivity index (χ0n) is 16.1. The van der Waals surface area contributed by atoms with Crippen molar-refractivity contribution in [1.82, 2.24) is 4.90 Å². The number of ether oxygens (including phenoxy) is 1. The van der Waals surface area contributed by atoms with Gasteiger partial charge in [-0.2, -0.15) is 26.3 Å². The Bertz CT molecular complexity index is 989. The number of alkyl halides is 6. The Balaban J connectivity index is 1.57. The molecule has 166 valence electrons. The SMILES string of the molecule is O=C(N1CCC(c2ccccc2C(F)(F)F)C1)N1CCOc2ccc(C(F)(F)F)cc21. The van der Waals surface area contributed by atoms with Crippen LogP contribution in [-0.4, -0.2) is 37.2 Å². The molecule has 0 aliphatic carbocycles. The van der Waals surface area contributed by atoms with E-state index in [1.54, 1.807) is 0 Å². The lowest BCUT2D eigenvalue weighted by Crippen LogP contribution is -2.46. The van der Waals surface area contributed by atoms with Crippen molar-refractivity contribution >= 4 is 11.7 Å². The number of anilines is 1. The van der Waals surface area contributed by atoms with Crippen LogP contribution in [0.2, 0.25) is 0 Å². The summed E-state index contributed by atoms with van der Waals surface area (Å²) in [6.45, 7) is 0.421. The van der Waals surface area contributed by atoms with E-state index in [4.69, 9.17) is 4.74 Å². The van der Waals surface area contributed by atoms with Crippen molar-refractivity contribution < 1.29 is 35.9 Å². The summed E-state index contributed by atoms with van der Waals surface area (Å²) in [7, 11) is 0. The van der Waals surface area contributed by atoms with Gasteiger partial charge in [0.2, 0.25) is 0 Å². The van der Waals surface area contributed by atoms with Crippen LogP contribution in [-0.2, 0) is 12.4 Å². The minimum absolute atomic E-state index is 0.00483. The fourth-order valence-corrected chi connectivity index (χ4v) is 4.06. The molecule has 2 amide bonds. The normalized spacial score (nSPS) is 19.2. The first-order valence-corrected chi connectivity index (χ1v) is 9.62. The van der Waals surface area contributed by atoms with Gasteiger partial charge in [-0.05, 0) is 36.2 Å². The van der Waals surface area contributed by atoms with Crippen LogP contribution in [0.3, 0.4) is 0 Å². The van der Waals surface area contributed by atoms with E-state index in [0.717, 1.165) is 18.2 Å². The lowest BCUT2D eigenvalue weighted by atomic mass is 9.93. The number of halogens is 6. The maximum Gasteiger partial charge on any atom is 0.416 e. The lowest BCUT2D eigenvalue weighted by molar-refractivity contribution is -0.138. The molecule has 0 bridgehead atoms. The van der Waals surface area contributed by atoms with Crippen LogP contribution in [0.5, 0.6) is 5.75 Å². The smallest absolute Gasteiger partial charge is 0.416 e. The van der Waals surface area contributed by atoms with Gasteiger partial charge in [-0.3, -0.25) is 4.90 Å². The molecule has 4 rings (SSSR count). The Kier molecular flexibility index (Phi) is 5.26. The summed E-state index contributed by atoms with van der Waals surface area (Å²) in [4.78, 5) is 15.7. The molecule has 1 unspecified atom stereocenters. The monoisotopic (exact) mass is 444 g/mol. The molecule has 0 spiro atoms. The van der Waals surface area contributed by atoms with Gasteiger partial charge in [0.1, 0.15) is 12.4 Å². The van der Waals surface area contributed by atoms with Crippen molar-refractivity contribution in [3.05, 3.63) is 59.2 Å². The third kappa shape index (κ3) is 4.15. The van der Waals surface area contributed by atoms with E-state index in [2.05, 4.69) is 0 Å². The number of amides is 2. The Morgan fingerprint density at radius 1 is 0.968 bits per heavy atom. The number of carbonyl (C=O) groups excluding carboxylic acids is 1.